The summed E-state index contributed by atoms with van der Waals surface area (Å²) in [4.78, 5) is 25.8. The SMILES string of the molecule is COc1ccc(S(=O)(=O)NCC(=O)N2CCN(C=O)CC2)cc1. The van der Waals surface area contributed by atoms with E-state index in [1.54, 1.807) is 4.90 Å². The lowest BCUT2D eigenvalue weighted by molar-refractivity contribution is -0.134. The highest BCUT2D eigenvalue weighted by Gasteiger charge is 2.22. The Hall–Kier alpha value is -2.13. The van der Waals surface area contributed by atoms with Gasteiger partial charge in [0.2, 0.25) is 22.3 Å². The van der Waals surface area contributed by atoms with E-state index in [1.165, 1.54) is 36.3 Å². The topological polar surface area (TPSA) is 96.0 Å². The van der Waals surface area contributed by atoms with Crippen LogP contribution in [-0.4, -0.2) is 70.4 Å². The molecule has 9 heteroatoms. The number of carbonyl (C=O) groups is 2. The number of ether oxygens (including phenoxy) is 1. The number of hydrogen-bond acceptors (Lipinski definition) is 5. The van der Waals surface area contributed by atoms with Crippen molar-refractivity contribution in [1.82, 2.24) is 14.5 Å². The van der Waals surface area contributed by atoms with Gasteiger partial charge >= 0.3 is 0 Å². The molecule has 1 aromatic rings. The van der Waals surface area contributed by atoms with Crippen molar-refractivity contribution in [3.63, 3.8) is 0 Å². The molecule has 0 spiro atoms. The van der Waals surface area contributed by atoms with E-state index < -0.39 is 10.0 Å². The first-order chi connectivity index (χ1) is 11.0. The van der Waals surface area contributed by atoms with Crippen molar-refractivity contribution < 1.29 is 22.7 Å². The summed E-state index contributed by atoms with van der Waals surface area (Å²) >= 11 is 0. The molecule has 0 saturated carbocycles. The van der Waals surface area contributed by atoms with E-state index >= 15 is 0 Å². The van der Waals surface area contributed by atoms with Gasteiger partial charge in [-0.05, 0) is 24.3 Å². The first-order valence-corrected chi connectivity index (χ1v) is 8.55. The van der Waals surface area contributed by atoms with E-state index in [0.29, 0.717) is 31.9 Å². The molecular weight excluding hydrogens is 322 g/mol. The van der Waals surface area contributed by atoms with Crippen LogP contribution < -0.4 is 9.46 Å². The number of sulfonamides is 1. The monoisotopic (exact) mass is 341 g/mol. The van der Waals surface area contributed by atoms with Crippen LogP contribution in [0.3, 0.4) is 0 Å². The molecule has 1 fully saturated rings. The Labute approximate surface area is 135 Å². The van der Waals surface area contributed by atoms with Crippen LogP contribution in [-0.2, 0) is 19.6 Å². The predicted octanol–water partition coefficient (Wildman–Crippen LogP) is -0.726. The molecule has 2 amide bonds. The second kappa shape index (κ2) is 7.42. The molecule has 126 valence electrons. The fourth-order valence-electron chi connectivity index (χ4n) is 2.18. The zero-order valence-corrected chi connectivity index (χ0v) is 13.6. The standard InChI is InChI=1S/C14H19N3O5S/c1-22-12-2-4-13(5-3-12)23(20,21)15-10-14(19)17-8-6-16(11-18)7-9-17/h2-5,11,15H,6-10H2,1H3. The molecule has 0 unspecified atom stereocenters. The van der Waals surface area contributed by atoms with Gasteiger partial charge in [-0.1, -0.05) is 0 Å². The average Bonchev–Trinajstić information content (AvgIpc) is 2.60. The van der Waals surface area contributed by atoms with Crippen molar-refractivity contribution in [3.05, 3.63) is 24.3 Å². The fraction of sp³-hybridized carbons (Fsp3) is 0.429. The lowest BCUT2D eigenvalue weighted by Crippen LogP contribution is -2.50. The number of carbonyl (C=O) groups excluding carboxylic acids is 2. The predicted molar refractivity (Wildman–Crippen MR) is 82.4 cm³/mol. The van der Waals surface area contributed by atoms with E-state index in [4.69, 9.17) is 4.74 Å². The molecule has 0 aromatic heterocycles. The van der Waals surface area contributed by atoms with Crippen LogP contribution in [0.2, 0.25) is 0 Å². The third-order valence-electron chi connectivity index (χ3n) is 3.60. The van der Waals surface area contributed by atoms with Crippen molar-refractivity contribution in [2.75, 3.05) is 39.8 Å². The highest BCUT2D eigenvalue weighted by atomic mass is 32.2. The summed E-state index contributed by atoms with van der Waals surface area (Å²) in [5.74, 6) is 0.237. The summed E-state index contributed by atoms with van der Waals surface area (Å²) in [7, 11) is -2.26. The minimum Gasteiger partial charge on any atom is -0.497 e. The molecule has 0 atom stereocenters. The maximum absolute atomic E-state index is 12.1. The van der Waals surface area contributed by atoms with Crippen molar-refractivity contribution in [1.29, 1.82) is 0 Å². The number of piperazine rings is 1. The van der Waals surface area contributed by atoms with Crippen LogP contribution in [0.4, 0.5) is 0 Å². The minimum absolute atomic E-state index is 0.0666. The number of benzene rings is 1. The van der Waals surface area contributed by atoms with Gasteiger partial charge in [0.05, 0.1) is 18.6 Å². The van der Waals surface area contributed by atoms with Crippen LogP contribution in [0.1, 0.15) is 0 Å². The highest BCUT2D eigenvalue weighted by molar-refractivity contribution is 7.89. The Balaban J connectivity index is 1.91. The number of nitrogens with one attached hydrogen (secondary N) is 1. The zero-order valence-electron chi connectivity index (χ0n) is 12.8. The molecule has 0 radical (unpaired) electrons. The average molecular weight is 341 g/mol. The number of methoxy groups -OCH3 is 1. The van der Waals surface area contributed by atoms with Crippen LogP contribution in [0.5, 0.6) is 5.75 Å². The van der Waals surface area contributed by atoms with E-state index in [-0.39, 0.29) is 17.3 Å². The molecule has 8 nitrogen and oxygen atoms in total. The van der Waals surface area contributed by atoms with E-state index in [0.717, 1.165) is 6.41 Å². The zero-order chi connectivity index (χ0) is 16.9. The van der Waals surface area contributed by atoms with Gasteiger partial charge in [-0.15, -0.1) is 0 Å². The third-order valence-corrected chi connectivity index (χ3v) is 5.02. The van der Waals surface area contributed by atoms with Gasteiger partial charge < -0.3 is 14.5 Å². The van der Waals surface area contributed by atoms with E-state index in [1.807, 2.05) is 0 Å². The molecule has 2 rings (SSSR count). The molecule has 1 heterocycles. The molecule has 1 aliphatic rings. The Morgan fingerprint density at radius 1 is 1.22 bits per heavy atom. The van der Waals surface area contributed by atoms with Gasteiger partial charge in [-0.2, -0.15) is 0 Å². The fourth-order valence-corrected chi connectivity index (χ4v) is 3.16. The number of nitrogens with zero attached hydrogens (tertiary/aromatic N) is 2. The highest BCUT2D eigenvalue weighted by Crippen LogP contribution is 2.15. The lowest BCUT2D eigenvalue weighted by Gasteiger charge is -2.32. The molecule has 1 aliphatic heterocycles. The maximum atomic E-state index is 12.1. The molecule has 1 aromatic carbocycles. The first-order valence-electron chi connectivity index (χ1n) is 7.07. The molecule has 1 N–H and O–H groups in total. The molecule has 0 aliphatic carbocycles. The number of rotatable bonds is 6. The second-order valence-corrected chi connectivity index (χ2v) is 6.79. The molecule has 1 saturated heterocycles. The maximum Gasteiger partial charge on any atom is 0.241 e. The summed E-state index contributed by atoms with van der Waals surface area (Å²) in [6.45, 7) is 1.42. The van der Waals surface area contributed by atoms with E-state index in [9.17, 15) is 18.0 Å². The van der Waals surface area contributed by atoms with Crippen molar-refractivity contribution in [3.8, 4) is 5.75 Å². The van der Waals surface area contributed by atoms with Gasteiger partial charge in [0.15, 0.2) is 0 Å². The Kier molecular flexibility index (Phi) is 5.56. The Morgan fingerprint density at radius 2 is 1.83 bits per heavy atom. The lowest BCUT2D eigenvalue weighted by atomic mass is 10.3. The van der Waals surface area contributed by atoms with Gasteiger partial charge in [0.25, 0.3) is 0 Å². The molecule has 23 heavy (non-hydrogen) atoms. The van der Waals surface area contributed by atoms with Gasteiger partial charge in [-0.3, -0.25) is 9.59 Å². The van der Waals surface area contributed by atoms with Crippen LogP contribution in [0, 0.1) is 0 Å². The second-order valence-electron chi connectivity index (χ2n) is 5.02. The quantitative estimate of drug-likeness (QED) is 0.689. The third kappa shape index (κ3) is 4.42. The first kappa shape index (κ1) is 17.2. The van der Waals surface area contributed by atoms with Crippen LogP contribution in [0.25, 0.3) is 0 Å². The van der Waals surface area contributed by atoms with Crippen molar-refractivity contribution in [2.45, 2.75) is 4.90 Å². The van der Waals surface area contributed by atoms with Crippen molar-refractivity contribution in [2.24, 2.45) is 0 Å². The van der Waals surface area contributed by atoms with Crippen LogP contribution in [0.15, 0.2) is 29.2 Å². The van der Waals surface area contributed by atoms with Crippen molar-refractivity contribution >= 4 is 22.3 Å². The van der Waals surface area contributed by atoms with E-state index in [2.05, 4.69) is 4.72 Å². The molecule has 0 bridgehead atoms. The number of hydrogen-bond donors (Lipinski definition) is 1. The normalized spacial score (nSPS) is 15.3. The Bertz CT molecular complexity index is 651. The van der Waals surface area contributed by atoms with Crippen LogP contribution >= 0.6 is 0 Å². The summed E-state index contributed by atoms with van der Waals surface area (Å²) in [6, 6.07) is 5.90. The van der Waals surface area contributed by atoms with Gasteiger partial charge in [0.1, 0.15) is 5.75 Å². The largest absolute Gasteiger partial charge is 0.497 e. The summed E-state index contributed by atoms with van der Waals surface area (Å²) in [5.41, 5.74) is 0. The van der Waals surface area contributed by atoms with Gasteiger partial charge in [-0.25, -0.2) is 13.1 Å². The minimum atomic E-state index is -3.75. The summed E-state index contributed by atoms with van der Waals surface area (Å²) in [6.07, 6.45) is 0.744. The summed E-state index contributed by atoms with van der Waals surface area (Å²) < 4.78 is 31.5. The smallest absolute Gasteiger partial charge is 0.241 e. The number of amides is 2. The van der Waals surface area contributed by atoms with Gasteiger partial charge in [0, 0.05) is 26.2 Å². The summed E-state index contributed by atoms with van der Waals surface area (Å²) in [5, 5.41) is 0. The Morgan fingerprint density at radius 3 is 2.35 bits per heavy atom. The molecular formula is C14H19N3O5S.